The molecule has 4 N–H and O–H groups in total. The third-order valence-corrected chi connectivity index (χ3v) is 10.3. The predicted molar refractivity (Wildman–Crippen MR) is 186 cm³/mol. The summed E-state index contributed by atoms with van der Waals surface area (Å²) in [6.45, 7) is 1.000. The number of guanidine groups is 1. The molecule has 3 aromatic rings. The quantitative estimate of drug-likeness (QED) is 0.138. The van der Waals surface area contributed by atoms with Crippen LogP contribution in [0.5, 0.6) is 0 Å². The SMILES string of the molecule is N=C(N)N1CCCC(CC(NC(=O)CN2C(=O)CN(CCCc3ccccc3)C(=O)C2Cc2ccc(Cl)c(Cl)c2)C(=O)c2nccs2)C1. The first kappa shape index (κ1) is 35.3. The Morgan fingerprint density at radius 2 is 1.90 bits per heavy atom. The van der Waals surface area contributed by atoms with Gasteiger partial charge in [-0.25, -0.2) is 4.98 Å². The van der Waals surface area contributed by atoms with Crippen molar-refractivity contribution in [2.24, 2.45) is 11.7 Å². The molecule has 254 valence electrons. The van der Waals surface area contributed by atoms with E-state index in [1.807, 2.05) is 30.3 Å². The third-order valence-electron chi connectivity index (χ3n) is 8.81. The van der Waals surface area contributed by atoms with Crippen LogP contribution in [0.3, 0.4) is 0 Å². The zero-order chi connectivity index (χ0) is 34.2. The lowest BCUT2D eigenvalue weighted by Crippen LogP contribution is -2.62. The molecule has 3 atom stereocenters. The second kappa shape index (κ2) is 16.4. The summed E-state index contributed by atoms with van der Waals surface area (Å²) < 4.78 is 0. The summed E-state index contributed by atoms with van der Waals surface area (Å²) in [5.41, 5.74) is 7.57. The van der Waals surface area contributed by atoms with Crippen molar-refractivity contribution in [1.82, 2.24) is 25.0 Å². The van der Waals surface area contributed by atoms with Gasteiger partial charge in [0.25, 0.3) is 0 Å². The number of nitrogens with two attached hydrogens (primary N) is 1. The molecule has 14 heteroatoms. The van der Waals surface area contributed by atoms with Crippen LogP contribution in [0.25, 0.3) is 0 Å². The van der Waals surface area contributed by atoms with Gasteiger partial charge in [0.15, 0.2) is 11.0 Å². The van der Waals surface area contributed by atoms with Crippen LogP contribution in [0.1, 0.15) is 46.6 Å². The summed E-state index contributed by atoms with van der Waals surface area (Å²) >= 11 is 13.6. The van der Waals surface area contributed by atoms with Gasteiger partial charge in [0.1, 0.15) is 12.6 Å². The molecule has 3 amide bonds. The Kier molecular flexibility index (Phi) is 12.1. The molecular formula is C34H39Cl2N7O4S. The minimum absolute atomic E-state index is 0.00176. The summed E-state index contributed by atoms with van der Waals surface area (Å²) in [6, 6.07) is 13.1. The second-order valence-electron chi connectivity index (χ2n) is 12.2. The number of carbonyl (C=O) groups excluding carboxylic acids is 4. The zero-order valence-electron chi connectivity index (χ0n) is 26.4. The van der Waals surface area contributed by atoms with Crippen LogP contribution in [0.15, 0.2) is 60.1 Å². The van der Waals surface area contributed by atoms with Crippen LogP contribution < -0.4 is 11.1 Å². The maximum Gasteiger partial charge on any atom is 0.246 e. The van der Waals surface area contributed by atoms with Gasteiger partial charge in [0.2, 0.25) is 23.5 Å². The number of aromatic nitrogens is 1. The minimum Gasteiger partial charge on any atom is -0.370 e. The van der Waals surface area contributed by atoms with Crippen LogP contribution in [0, 0.1) is 11.3 Å². The van der Waals surface area contributed by atoms with Gasteiger partial charge in [-0.2, -0.15) is 0 Å². The number of nitrogens with zero attached hydrogens (tertiary/aromatic N) is 4. The van der Waals surface area contributed by atoms with Crippen LogP contribution in [-0.2, 0) is 27.2 Å². The Balaban J connectivity index is 1.32. The van der Waals surface area contributed by atoms with E-state index in [4.69, 9.17) is 34.3 Å². The number of piperidine rings is 1. The molecule has 1 aromatic heterocycles. The predicted octanol–water partition coefficient (Wildman–Crippen LogP) is 4.03. The summed E-state index contributed by atoms with van der Waals surface area (Å²) in [7, 11) is 0. The van der Waals surface area contributed by atoms with E-state index in [9.17, 15) is 19.2 Å². The summed E-state index contributed by atoms with van der Waals surface area (Å²) in [5, 5.41) is 13.4. The lowest BCUT2D eigenvalue weighted by Gasteiger charge is -2.40. The number of hydrogen-bond acceptors (Lipinski definition) is 7. The van der Waals surface area contributed by atoms with E-state index in [0.717, 1.165) is 24.8 Å². The number of hydrogen-bond donors (Lipinski definition) is 3. The van der Waals surface area contributed by atoms with Crippen molar-refractivity contribution in [2.45, 2.75) is 50.6 Å². The van der Waals surface area contributed by atoms with Crippen molar-refractivity contribution < 1.29 is 19.2 Å². The molecule has 2 aliphatic rings. The number of piperazine rings is 1. The normalized spacial score (nSPS) is 18.9. The number of aryl methyl sites for hydroxylation is 1. The van der Waals surface area contributed by atoms with Crippen LogP contribution in [0.2, 0.25) is 10.0 Å². The first-order valence-electron chi connectivity index (χ1n) is 16.0. The molecule has 3 heterocycles. The highest BCUT2D eigenvalue weighted by atomic mass is 35.5. The average Bonchev–Trinajstić information content (AvgIpc) is 3.62. The van der Waals surface area contributed by atoms with E-state index >= 15 is 0 Å². The molecule has 2 saturated heterocycles. The number of rotatable bonds is 13. The molecule has 0 saturated carbocycles. The standard InChI is InChI=1S/C34H39Cl2N7O4S/c35-25-11-10-23(16-26(25)36)18-28-33(47)41(13-4-8-22-6-2-1-3-7-22)21-30(45)43(28)20-29(44)40-27(31(46)32-39-12-15-48-32)17-24-9-5-14-42(19-24)34(37)38/h1-3,6-7,10-12,15-16,24,27-28H,4-5,8-9,13-14,17-21H2,(H3,37,38)(H,40,44). The van der Waals surface area contributed by atoms with Crippen LogP contribution >= 0.6 is 34.5 Å². The highest BCUT2D eigenvalue weighted by Crippen LogP contribution is 2.26. The molecule has 5 rings (SSSR count). The Labute approximate surface area is 293 Å². The minimum atomic E-state index is -0.957. The maximum atomic E-state index is 13.9. The van der Waals surface area contributed by atoms with Crippen molar-refractivity contribution in [3.63, 3.8) is 0 Å². The second-order valence-corrected chi connectivity index (χ2v) is 13.9. The molecule has 3 unspecified atom stereocenters. The number of thiazole rings is 1. The van der Waals surface area contributed by atoms with Crippen molar-refractivity contribution in [2.75, 3.05) is 32.7 Å². The number of amides is 3. The number of nitrogens with one attached hydrogen (secondary N) is 2. The van der Waals surface area contributed by atoms with E-state index in [2.05, 4.69) is 10.3 Å². The number of ketones is 1. The molecule has 2 aliphatic heterocycles. The van der Waals surface area contributed by atoms with Crippen LogP contribution in [-0.4, -0.2) is 94.0 Å². The lowest BCUT2D eigenvalue weighted by atomic mass is 9.90. The van der Waals surface area contributed by atoms with Gasteiger partial charge < -0.3 is 25.8 Å². The molecule has 0 radical (unpaired) electrons. The molecule has 0 aliphatic carbocycles. The molecule has 2 fully saturated rings. The number of benzene rings is 2. The van der Waals surface area contributed by atoms with Gasteiger partial charge in [0, 0.05) is 37.6 Å². The van der Waals surface area contributed by atoms with Gasteiger partial charge in [-0.1, -0.05) is 59.6 Å². The first-order chi connectivity index (χ1) is 23.1. The first-order valence-corrected chi connectivity index (χ1v) is 17.6. The van der Waals surface area contributed by atoms with Crippen molar-refractivity contribution >= 4 is 64.0 Å². The Morgan fingerprint density at radius 3 is 2.60 bits per heavy atom. The van der Waals surface area contributed by atoms with Gasteiger partial charge in [-0.3, -0.25) is 24.6 Å². The topological polar surface area (TPSA) is 153 Å². The smallest absolute Gasteiger partial charge is 0.246 e. The monoisotopic (exact) mass is 711 g/mol. The molecule has 2 aromatic carbocycles. The molecule has 0 spiro atoms. The average molecular weight is 713 g/mol. The maximum absolute atomic E-state index is 13.9. The summed E-state index contributed by atoms with van der Waals surface area (Å²) in [5.74, 6) is -1.52. The largest absolute Gasteiger partial charge is 0.370 e. The molecule has 0 bridgehead atoms. The van der Waals surface area contributed by atoms with Gasteiger partial charge in [-0.15, -0.1) is 11.3 Å². The van der Waals surface area contributed by atoms with Crippen molar-refractivity contribution in [3.05, 3.63) is 86.3 Å². The summed E-state index contributed by atoms with van der Waals surface area (Å²) in [6.07, 6.45) is 5.03. The van der Waals surface area contributed by atoms with Crippen molar-refractivity contribution in [1.29, 1.82) is 5.41 Å². The molecule has 11 nitrogen and oxygen atoms in total. The van der Waals surface area contributed by atoms with E-state index in [1.54, 1.807) is 33.4 Å². The number of halogens is 2. The highest BCUT2D eigenvalue weighted by molar-refractivity contribution is 7.11. The fourth-order valence-electron chi connectivity index (χ4n) is 6.37. The third kappa shape index (κ3) is 9.12. The van der Waals surface area contributed by atoms with E-state index in [0.29, 0.717) is 48.1 Å². The van der Waals surface area contributed by atoms with E-state index in [-0.39, 0.29) is 47.4 Å². The Morgan fingerprint density at radius 1 is 1.10 bits per heavy atom. The van der Waals surface area contributed by atoms with E-state index in [1.165, 1.54) is 22.4 Å². The van der Waals surface area contributed by atoms with Gasteiger partial charge >= 0.3 is 0 Å². The zero-order valence-corrected chi connectivity index (χ0v) is 28.8. The Bertz CT molecular complexity index is 1620. The van der Waals surface area contributed by atoms with Gasteiger partial charge in [-0.05, 0) is 61.3 Å². The number of Topliss-reactive ketones (excluding diaryl/α,β-unsaturated/α-hetero) is 1. The van der Waals surface area contributed by atoms with Gasteiger partial charge in [0.05, 0.1) is 22.6 Å². The molecule has 48 heavy (non-hydrogen) atoms. The fraction of sp³-hybridized carbons (Fsp3) is 0.412. The highest BCUT2D eigenvalue weighted by Gasteiger charge is 2.40. The summed E-state index contributed by atoms with van der Waals surface area (Å²) in [4.78, 5) is 63.6. The van der Waals surface area contributed by atoms with E-state index < -0.39 is 24.5 Å². The fourth-order valence-corrected chi connectivity index (χ4v) is 7.32. The van der Waals surface area contributed by atoms with Crippen molar-refractivity contribution in [3.8, 4) is 0 Å². The number of carbonyl (C=O) groups is 4. The molecular weight excluding hydrogens is 673 g/mol. The van der Waals surface area contributed by atoms with Crippen LogP contribution in [0.4, 0.5) is 0 Å². The Hall–Kier alpha value is -4.00. The lowest BCUT2D eigenvalue weighted by molar-refractivity contribution is -0.157. The number of likely N-dealkylation sites (tertiary alicyclic amines) is 1.